The summed E-state index contributed by atoms with van der Waals surface area (Å²) in [6.45, 7) is 0. The third kappa shape index (κ3) is 22.8. The first-order valence-corrected chi connectivity index (χ1v) is 3.45. The zero-order valence-electron chi connectivity index (χ0n) is 7.14. The minimum Gasteiger partial charge on any atom is -0.808 e. The summed E-state index contributed by atoms with van der Waals surface area (Å²) in [4.78, 5) is 28.7. The van der Waals surface area contributed by atoms with Crippen LogP contribution < -0.4 is 104 Å². The smallest absolute Gasteiger partial charge is 0.808 e. The van der Waals surface area contributed by atoms with E-state index in [1.807, 2.05) is 0 Å². The van der Waals surface area contributed by atoms with Crippen LogP contribution in [0.2, 0.25) is 0 Å². The molecule has 0 heterocycles. The molecule has 0 bridgehead atoms. The second-order valence-corrected chi connectivity index (χ2v) is 2.55. The molecule has 12 heavy (non-hydrogen) atoms. The zero-order valence-corrected chi connectivity index (χ0v) is 14.0. The molecule has 0 fully saturated rings. The number of hydrogen-bond donors (Lipinski definition) is 0. The molecule has 0 aliphatic carbocycles. The molecule has 0 aliphatic rings. The summed E-state index contributed by atoms with van der Waals surface area (Å²) in [6.07, 6.45) is 0.167. The molecular formula is C3H2Na3O5P. The molecule has 0 radical (unpaired) electrons. The summed E-state index contributed by atoms with van der Waals surface area (Å²) in [5, 5.41) is 9.45. The molecule has 0 aromatic heterocycles. The van der Waals surface area contributed by atoms with Crippen molar-refractivity contribution in [2.45, 2.75) is 0 Å². The Kier molecular flexibility index (Phi) is 22.8. The van der Waals surface area contributed by atoms with Crippen LogP contribution >= 0.6 is 7.60 Å². The van der Waals surface area contributed by atoms with Gasteiger partial charge in [-0.15, -0.1) is 0 Å². The van der Waals surface area contributed by atoms with E-state index in [1.54, 1.807) is 0 Å². The van der Waals surface area contributed by atoms with Gasteiger partial charge in [0, 0.05) is 0 Å². The van der Waals surface area contributed by atoms with Gasteiger partial charge in [-0.3, -0.25) is 0 Å². The van der Waals surface area contributed by atoms with E-state index in [2.05, 4.69) is 0 Å². The van der Waals surface area contributed by atoms with Gasteiger partial charge >= 0.3 is 88.7 Å². The quantitative estimate of drug-likeness (QED) is 0.260. The van der Waals surface area contributed by atoms with Gasteiger partial charge in [-0.1, -0.05) is 5.82 Å². The molecule has 0 saturated heterocycles. The molecule has 5 nitrogen and oxygen atoms in total. The fourth-order valence-electron chi connectivity index (χ4n) is 0.152. The maximum atomic E-state index is 9.63. The van der Waals surface area contributed by atoms with Crippen LogP contribution in [0.5, 0.6) is 0 Å². The van der Waals surface area contributed by atoms with Crippen molar-refractivity contribution in [1.82, 2.24) is 0 Å². The molecular weight excluding hydrogens is 216 g/mol. The van der Waals surface area contributed by atoms with Gasteiger partial charge in [0.1, 0.15) is 0 Å². The summed E-state index contributed by atoms with van der Waals surface area (Å²) in [6, 6.07) is 0. The Balaban J connectivity index is -0.000000107. The first kappa shape index (κ1) is 23.9. The number of carbonyl (C=O) groups excluding carboxylic acids is 1. The van der Waals surface area contributed by atoms with E-state index in [0.717, 1.165) is 0 Å². The molecule has 0 saturated carbocycles. The average Bonchev–Trinajstić information content (AvgIpc) is 1.59. The molecule has 0 aliphatic heterocycles. The fourth-order valence-corrected chi connectivity index (χ4v) is 0.456. The van der Waals surface area contributed by atoms with Crippen molar-refractivity contribution in [3.8, 4) is 0 Å². The number of rotatable bonds is 2. The van der Waals surface area contributed by atoms with Crippen molar-refractivity contribution < 1.29 is 113 Å². The van der Waals surface area contributed by atoms with Crippen LogP contribution in [-0.4, -0.2) is 5.97 Å². The molecule has 0 aromatic rings. The Morgan fingerprint density at radius 3 is 1.58 bits per heavy atom. The van der Waals surface area contributed by atoms with Gasteiger partial charge in [-0.2, -0.15) is 0 Å². The molecule has 52 valence electrons. The van der Waals surface area contributed by atoms with Crippen LogP contribution in [0.4, 0.5) is 0 Å². The molecule has 0 amide bonds. The number of carboxylic acid groups (broad SMARTS) is 1. The third-order valence-corrected chi connectivity index (χ3v) is 0.907. The molecule has 0 rings (SSSR count). The average molecular weight is 218 g/mol. The van der Waals surface area contributed by atoms with E-state index in [4.69, 9.17) is 0 Å². The van der Waals surface area contributed by atoms with Crippen LogP contribution in [0.1, 0.15) is 0 Å². The fraction of sp³-hybridized carbons (Fsp3) is 0. The minimum absolute atomic E-state index is 0. The third-order valence-electron chi connectivity index (χ3n) is 0.393. The Morgan fingerprint density at radius 1 is 1.17 bits per heavy atom. The number of carbonyl (C=O) groups is 1. The minimum atomic E-state index is -4.82. The maximum Gasteiger partial charge on any atom is 1.00 e. The predicted molar refractivity (Wildman–Crippen MR) is 21.8 cm³/mol. The first-order valence-electron chi connectivity index (χ1n) is 1.84. The second kappa shape index (κ2) is 11.4. The van der Waals surface area contributed by atoms with Crippen LogP contribution in [0, 0.1) is 0 Å². The van der Waals surface area contributed by atoms with Crippen molar-refractivity contribution in [3.63, 3.8) is 0 Å². The van der Waals surface area contributed by atoms with Crippen molar-refractivity contribution in [3.05, 3.63) is 11.9 Å². The molecule has 0 atom stereocenters. The van der Waals surface area contributed by atoms with Crippen LogP contribution in [-0.2, 0) is 9.36 Å². The van der Waals surface area contributed by atoms with E-state index < -0.39 is 13.6 Å². The van der Waals surface area contributed by atoms with Gasteiger partial charge in [0.15, 0.2) is 0 Å². The zero-order chi connectivity index (χ0) is 7.49. The number of hydrogen-bond acceptors (Lipinski definition) is 5. The Bertz CT molecular complexity index is 186. The topological polar surface area (TPSA) is 103 Å². The van der Waals surface area contributed by atoms with Gasteiger partial charge in [0.05, 0.1) is 5.97 Å². The Hall–Kier alpha value is 2.36. The predicted octanol–water partition coefficient (Wildman–Crippen LogP) is -11.8. The van der Waals surface area contributed by atoms with Crippen molar-refractivity contribution in [1.29, 1.82) is 0 Å². The summed E-state index contributed by atoms with van der Waals surface area (Å²) in [5.74, 6) is -1.66. The van der Waals surface area contributed by atoms with Gasteiger partial charge in [0.2, 0.25) is 0 Å². The number of carboxylic acids is 1. The van der Waals surface area contributed by atoms with Gasteiger partial charge in [-0.05, 0) is 13.7 Å². The maximum absolute atomic E-state index is 9.63. The first-order chi connectivity index (χ1) is 3.92. The molecule has 0 N–H and O–H groups in total. The van der Waals surface area contributed by atoms with Crippen LogP contribution in [0.15, 0.2) is 11.9 Å². The second-order valence-electron chi connectivity index (χ2n) is 1.17. The Morgan fingerprint density at radius 2 is 1.50 bits per heavy atom. The summed E-state index contributed by atoms with van der Waals surface area (Å²) in [5.41, 5.74) is 0. The van der Waals surface area contributed by atoms with E-state index in [-0.39, 0.29) is 101 Å². The molecule has 0 unspecified atom stereocenters. The summed E-state index contributed by atoms with van der Waals surface area (Å²) < 4.78 is 9.63. The van der Waals surface area contributed by atoms with Crippen LogP contribution in [0.25, 0.3) is 0 Å². The van der Waals surface area contributed by atoms with Gasteiger partial charge in [-0.25, -0.2) is 0 Å². The summed E-state index contributed by atoms with van der Waals surface area (Å²) >= 11 is 0. The Labute approximate surface area is 136 Å². The standard InChI is InChI=1S/C3H5O5P.3Na/c4-3(5)1-2-9(6,7)8;;;/h1-2H,(H,4,5)(H2,6,7,8);;;/q;3*+1/p-3/b2-1+;;;. The van der Waals surface area contributed by atoms with E-state index in [1.165, 1.54) is 0 Å². The largest absolute Gasteiger partial charge is 1.00 e. The van der Waals surface area contributed by atoms with Crippen molar-refractivity contribution in [2.24, 2.45) is 0 Å². The van der Waals surface area contributed by atoms with Crippen molar-refractivity contribution >= 4 is 13.6 Å². The molecule has 0 spiro atoms. The SMILES string of the molecule is O=C([O-])/C=C/P(=O)([O-])[O-].[Na+].[Na+].[Na+]. The van der Waals surface area contributed by atoms with E-state index in [9.17, 15) is 24.3 Å². The molecule has 9 heteroatoms. The monoisotopic (exact) mass is 218 g/mol. The van der Waals surface area contributed by atoms with Gasteiger partial charge in [0.25, 0.3) is 0 Å². The van der Waals surface area contributed by atoms with Gasteiger partial charge < -0.3 is 24.3 Å². The van der Waals surface area contributed by atoms with E-state index >= 15 is 0 Å². The normalized spacial score (nSPS) is 9.17. The number of aliphatic carboxylic acids is 1. The summed E-state index contributed by atoms with van der Waals surface area (Å²) in [7, 11) is -4.82. The van der Waals surface area contributed by atoms with Crippen LogP contribution in [0.3, 0.4) is 0 Å². The van der Waals surface area contributed by atoms with E-state index in [0.29, 0.717) is 0 Å². The van der Waals surface area contributed by atoms with Crippen molar-refractivity contribution in [2.75, 3.05) is 0 Å². The molecule has 0 aromatic carbocycles.